The minimum atomic E-state index is -0.783. The number of nitrogens with zero attached hydrogens (tertiary/aromatic N) is 1. The molecule has 3 saturated heterocycles. The highest BCUT2D eigenvalue weighted by atomic mass is 16.7. The molecule has 3 heterocycles. The van der Waals surface area contributed by atoms with Gasteiger partial charge in [-0.3, -0.25) is 4.90 Å². The van der Waals surface area contributed by atoms with Crippen LogP contribution in [0.25, 0.3) is 0 Å². The van der Waals surface area contributed by atoms with E-state index in [-0.39, 0.29) is 11.1 Å². The van der Waals surface area contributed by atoms with E-state index >= 15 is 0 Å². The quantitative estimate of drug-likeness (QED) is 0.804. The van der Waals surface area contributed by atoms with E-state index in [4.69, 9.17) is 9.47 Å². The Labute approximate surface area is 126 Å². The standard InChI is InChI=1S/C17H27NO3/c1-12-9-13-11-17(20-2)15(19)6-4-8-18-7-3-5-14(13,15)16(18,10-12)21-17/h12-13,19H,3-11H2,1-2H3/t12-,13+,14+,15-,16+,17+/m1/s1. The smallest absolute Gasteiger partial charge is 0.200 e. The molecule has 4 nitrogen and oxygen atoms in total. The Morgan fingerprint density at radius 3 is 2.71 bits per heavy atom. The fraction of sp³-hybridized carbons (Fsp3) is 1.00. The number of hydrogen-bond donors (Lipinski definition) is 1. The zero-order valence-corrected chi connectivity index (χ0v) is 13.2. The van der Waals surface area contributed by atoms with Crippen LogP contribution >= 0.6 is 0 Å². The van der Waals surface area contributed by atoms with E-state index in [9.17, 15) is 5.11 Å². The van der Waals surface area contributed by atoms with Crippen molar-refractivity contribution >= 4 is 0 Å². The summed E-state index contributed by atoms with van der Waals surface area (Å²) >= 11 is 0. The highest BCUT2D eigenvalue weighted by Crippen LogP contribution is 2.79. The number of hydrogen-bond acceptors (Lipinski definition) is 4. The van der Waals surface area contributed by atoms with Gasteiger partial charge in [-0.15, -0.1) is 0 Å². The van der Waals surface area contributed by atoms with Crippen LogP contribution in [0.15, 0.2) is 0 Å². The second-order valence-corrected chi connectivity index (χ2v) is 8.32. The summed E-state index contributed by atoms with van der Waals surface area (Å²) in [4.78, 5) is 2.58. The van der Waals surface area contributed by atoms with Crippen molar-refractivity contribution in [2.24, 2.45) is 17.3 Å². The highest BCUT2D eigenvalue weighted by molar-refractivity contribution is 5.32. The van der Waals surface area contributed by atoms with E-state index in [0.29, 0.717) is 11.8 Å². The predicted octanol–water partition coefficient (Wildman–Crippen LogP) is 2.11. The first-order chi connectivity index (χ1) is 10.0. The lowest BCUT2D eigenvalue weighted by atomic mass is 9.52. The van der Waals surface area contributed by atoms with Crippen molar-refractivity contribution in [3.05, 3.63) is 0 Å². The molecule has 0 radical (unpaired) electrons. The van der Waals surface area contributed by atoms with E-state index in [0.717, 1.165) is 45.2 Å². The van der Waals surface area contributed by atoms with Gasteiger partial charge >= 0.3 is 0 Å². The fourth-order valence-corrected chi connectivity index (χ4v) is 7.36. The first kappa shape index (κ1) is 13.3. The molecule has 2 aliphatic carbocycles. The molecule has 21 heavy (non-hydrogen) atoms. The lowest BCUT2D eigenvalue weighted by Crippen LogP contribution is -2.69. The summed E-state index contributed by atoms with van der Waals surface area (Å²) in [5.41, 5.74) is -1.13. The van der Waals surface area contributed by atoms with E-state index in [2.05, 4.69) is 11.8 Å². The van der Waals surface area contributed by atoms with E-state index < -0.39 is 11.4 Å². The third kappa shape index (κ3) is 1.10. The molecule has 1 spiro atoms. The first-order valence-corrected chi connectivity index (χ1v) is 8.76. The molecule has 0 amide bonds. The Balaban J connectivity index is 1.80. The predicted molar refractivity (Wildman–Crippen MR) is 77.5 cm³/mol. The van der Waals surface area contributed by atoms with Crippen LogP contribution in [0.1, 0.15) is 51.9 Å². The van der Waals surface area contributed by atoms with Crippen LogP contribution in [0.2, 0.25) is 0 Å². The molecular formula is C17H27NO3. The maximum Gasteiger partial charge on any atom is 0.200 e. The summed E-state index contributed by atoms with van der Waals surface area (Å²) < 4.78 is 12.7. The lowest BCUT2D eigenvalue weighted by molar-refractivity contribution is -0.350. The summed E-state index contributed by atoms with van der Waals surface area (Å²) in [5.74, 6) is 0.487. The molecule has 0 aromatic rings. The molecule has 5 aliphatic rings. The second-order valence-electron chi connectivity index (χ2n) is 8.32. The first-order valence-electron chi connectivity index (χ1n) is 8.76. The average Bonchev–Trinajstić information content (AvgIpc) is 2.73. The number of methoxy groups -OCH3 is 1. The van der Waals surface area contributed by atoms with Gasteiger partial charge in [-0.1, -0.05) is 6.92 Å². The Morgan fingerprint density at radius 1 is 1.19 bits per heavy atom. The summed E-state index contributed by atoms with van der Waals surface area (Å²) in [6.07, 6.45) is 7.39. The normalized spacial score (nSPS) is 64.4. The second kappa shape index (κ2) is 3.66. The van der Waals surface area contributed by atoms with Crippen LogP contribution in [-0.4, -0.2) is 47.3 Å². The van der Waals surface area contributed by atoms with Crippen LogP contribution in [0.4, 0.5) is 0 Å². The molecule has 1 unspecified atom stereocenters. The fourth-order valence-electron chi connectivity index (χ4n) is 7.36. The van der Waals surface area contributed by atoms with Gasteiger partial charge < -0.3 is 14.6 Å². The molecular weight excluding hydrogens is 266 g/mol. The van der Waals surface area contributed by atoms with Crippen molar-refractivity contribution in [1.82, 2.24) is 4.90 Å². The maximum absolute atomic E-state index is 11.9. The average molecular weight is 293 g/mol. The highest BCUT2D eigenvalue weighted by Gasteiger charge is 2.88. The molecule has 2 saturated carbocycles. The van der Waals surface area contributed by atoms with Gasteiger partial charge in [-0.2, -0.15) is 0 Å². The Bertz CT molecular complexity index is 498. The van der Waals surface area contributed by atoms with E-state index in [1.54, 1.807) is 7.11 Å². The Morgan fingerprint density at radius 2 is 1.95 bits per heavy atom. The minimum Gasteiger partial charge on any atom is -0.383 e. The zero-order chi connectivity index (χ0) is 14.5. The van der Waals surface area contributed by atoms with Gasteiger partial charge in [0.2, 0.25) is 0 Å². The Kier molecular flexibility index (Phi) is 2.32. The molecule has 7 atom stereocenters. The van der Waals surface area contributed by atoms with E-state index in [1.807, 2.05) is 0 Å². The molecule has 1 N–H and O–H groups in total. The van der Waals surface area contributed by atoms with Crippen molar-refractivity contribution in [1.29, 1.82) is 0 Å². The molecule has 3 aliphatic heterocycles. The third-order valence-corrected chi connectivity index (χ3v) is 7.73. The van der Waals surface area contributed by atoms with Gasteiger partial charge in [0.25, 0.3) is 0 Å². The van der Waals surface area contributed by atoms with Crippen LogP contribution < -0.4 is 0 Å². The van der Waals surface area contributed by atoms with E-state index in [1.165, 1.54) is 12.8 Å². The van der Waals surface area contributed by atoms with Crippen molar-refractivity contribution in [3.8, 4) is 0 Å². The van der Waals surface area contributed by atoms with Crippen LogP contribution in [0.5, 0.6) is 0 Å². The number of rotatable bonds is 1. The summed E-state index contributed by atoms with van der Waals surface area (Å²) in [5, 5.41) is 11.9. The molecule has 4 heteroatoms. The third-order valence-electron chi connectivity index (χ3n) is 7.73. The van der Waals surface area contributed by atoms with Crippen molar-refractivity contribution < 1.29 is 14.6 Å². The Hall–Kier alpha value is -0.160. The SMILES string of the molecule is CO[C@@]12C[C@@H]3C[C@@H](C)C[C@@]4(O1)N1CCC[C@@]2(O)[C@]34CCC1. The summed E-state index contributed by atoms with van der Waals surface area (Å²) in [6.45, 7) is 4.55. The van der Waals surface area contributed by atoms with Gasteiger partial charge in [-0.05, 0) is 50.4 Å². The number of aliphatic hydroxyl groups is 1. The monoisotopic (exact) mass is 293 g/mol. The summed E-state index contributed by atoms with van der Waals surface area (Å²) in [6, 6.07) is 0. The van der Waals surface area contributed by atoms with Crippen molar-refractivity contribution in [2.75, 3.05) is 20.2 Å². The van der Waals surface area contributed by atoms with Crippen LogP contribution in [0.3, 0.4) is 0 Å². The van der Waals surface area contributed by atoms with Gasteiger partial charge in [0.1, 0.15) is 11.3 Å². The van der Waals surface area contributed by atoms with Crippen LogP contribution in [0, 0.1) is 17.3 Å². The van der Waals surface area contributed by atoms with Gasteiger partial charge in [0, 0.05) is 26.6 Å². The molecule has 5 fully saturated rings. The maximum atomic E-state index is 11.9. The molecule has 118 valence electrons. The van der Waals surface area contributed by atoms with Crippen LogP contribution in [-0.2, 0) is 9.47 Å². The topological polar surface area (TPSA) is 41.9 Å². The molecule has 0 aromatic heterocycles. The van der Waals surface area contributed by atoms with Gasteiger partial charge in [0.05, 0.1) is 5.41 Å². The molecule has 0 aromatic carbocycles. The van der Waals surface area contributed by atoms with Crippen molar-refractivity contribution in [2.45, 2.75) is 69.0 Å². The lowest BCUT2D eigenvalue weighted by Gasteiger charge is -2.62. The molecule has 5 rings (SSSR count). The summed E-state index contributed by atoms with van der Waals surface area (Å²) in [7, 11) is 1.74. The van der Waals surface area contributed by atoms with Gasteiger partial charge in [-0.25, -0.2) is 0 Å². The van der Waals surface area contributed by atoms with Gasteiger partial charge in [0.15, 0.2) is 5.79 Å². The van der Waals surface area contributed by atoms with Crippen molar-refractivity contribution in [3.63, 3.8) is 0 Å². The zero-order valence-electron chi connectivity index (χ0n) is 13.2. The minimum absolute atomic E-state index is 0.0860. The number of ether oxygens (including phenoxy) is 2. The largest absolute Gasteiger partial charge is 0.383 e. The number of piperidine rings is 1. The molecule has 5 bridgehead atoms.